The third-order valence-corrected chi connectivity index (χ3v) is 1.07. The first-order valence-electron chi connectivity index (χ1n) is 2.72. The van der Waals surface area contributed by atoms with Crippen molar-refractivity contribution in [1.29, 1.82) is 0 Å². The van der Waals surface area contributed by atoms with Crippen LogP contribution < -0.4 is 5.43 Å². The Morgan fingerprint density at radius 3 is 2.80 bits per heavy atom. The normalized spacial score (nSPS) is 20.8. The van der Waals surface area contributed by atoms with Crippen molar-refractivity contribution in [2.45, 2.75) is 6.92 Å². The second kappa shape index (κ2) is 2.47. The van der Waals surface area contributed by atoms with Crippen LogP contribution in [0.15, 0.2) is 10.3 Å². The highest BCUT2D eigenvalue weighted by molar-refractivity contribution is 6.68. The molecule has 0 aromatic heterocycles. The van der Waals surface area contributed by atoms with Crippen LogP contribution >= 0.6 is 0 Å². The van der Waals surface area contributed by atoms with Crippen molar-refractivity contribution < 1.29 is 9.63 Å². The molecule has 1 aliphatic heterocycles. The standard InChI is InChI=1S/C5H7N3O2/c1-3-4(8-10-2)5(9)7-6-3/h1-2H3,(H,7,8,9). The van der Waals surface area contributed by atoms with Crippen LogP contribution in [0.4, 0.5) is 0 Å². The van der Waals surface area contributed by atoms with E-state index in [4.69, 9.17) is 0 Å². The number of nitrogens with zero attached hydrogens (tertiary/aromatic N) is 2. The van der Waals surface area contributed by atoms with Gasteiger partial charge in [0, 0.05) is 0 Å². The maximum atomic E-state index is 10.7. The van der Waals surface area contributed by atoms with Gasteiger partial charge in [-0.2, -0.15) is 5.10 Å². The number of nitrogens with one attached hydrogen (secondary N) is 1. The van der Waals surface area contributed by atoms with Gasteiger partial charge in [0.2, 0.25) is 0 Å². The molecule has 0 aliphatic carbocycles. The highest BCUT2D eigenvalue weighted by atomic mass is 16.6. The number of hydrazone groups is 1. The Morgan fingerprint density at radius 1 is 1.70 bits per heavy atom. The molecule has 0 spiro atoms. The topological polar surface area (TPSA) is 63.0 Å². The third-order valence-electron chi connectivity index (χ3n) is 1.07. The smallest absolute Gasteiger partial charge is 0.295 e. The molecule has 1 heterocycles. The summed E-state index contributed by atoms with van der Waals surface area (Å²) in [4.78, 5) is 15.2. The summed E-state index contributed by atoms with van der Waals surface area (Å²) >= 11 is 0. The number of carbonyl (C=O) groups excluding carboxylic acids is 1. The van der Waals surface area contributed by atoms with E-state index >= 15 is 0 Å². The van der Waals surface area contributed by atoms with E-state index in [1.165, 1.54) is 7.11 Å². The van der Waals surface area contributed by atoms with Gasteiger partial charge in [0.05, 0.1) is 5.71 Å². The molecular formula is C5H7N3O2. The van der Waals surface area contributed by atoms with Gasteiger partial charge in [-0.1, -0.05) is 5.16 Å². The molecule has 1 amide bonds. The predicted octanol–water partition coefficient (Wildman–Crippen LogP) is -0.506. The summed E-state index contributed by atoms with van der Waals surface area (Å²) in [5.41, 5.74) is 3.03. The zero-order valence-corrected chi connectivity index (χ0v) is 5.71. The second-order valence-electron chi connectivity index (χ2n) is 1.76. The number of oxime groups is 1. The Bertz CT molecular complexity index is 219. The Morgan fingerprint density at radius 2 is 2.40 bits per heavy atom. The van der Waals surface area contributed by atoms with Gasteiger partial charge in [0.15, 0.2) is 5.71 Å². The molecule has 0 atom stereocenters. The van der Waals surface area contributed by atoms with Crippen molar-refractivity contribution >= 4 is 17.3 Å². The Kier molecular flexibility index (Phi) is 1.66. The molecule has 0 aromatic carbocycles. The van der Waals surface area contributed by atoms with Crippen LogP contribution in [0, 0.1) is 0 Å². The lowest BCUT2D eigenvalue weighted by molar-refractivity contribution is -0.114. The van der Waals surface area contributed by atoms with Crippen LogP contribution in [0.1, 0.15) is 6.92 Å². The quantitative estimate of drug-likeness (QED) is 0.500. The van der Waals surface area contributed by atoms with Crippen LogP contribution in [0.2, 0.25) is 0 Å². The lowest BCUT2D eigenvalue weighted by Gasteiger charge is -1.89. The number of hydrogen-bond donors (Lipinski definition) is 1. The van der Waals surface area contributed by atoms with Gasteiger partial charge in [0.1, 0.15) is 7.11 Å². The van der Waals surface area contributed by atoms with E-state index in [0.29, 0.717) is 5.71 Å². The van der Waals surface area contributed by atoms with Gasteiger partial charge < -0.3 is 4.84 Å². The first kappa shape index (κ1) is 6.73. The Balaban J connectivity index is 2.84. The summed E-state index contributed by atoms with van der Waals surface area (Å²) in [7, 11) is 1.38. The van der Waals surface area contributed by atoms with Crippen LogP contribution in [0.5, 0.6) is 0 Å². The van der Waals surface area contributed by atoms with Crippen LogP contribution in [-0.2, 0) is 9.63 Å². The highest BCUT2D eigenvalue weighted by Crippen LogP contribution is 1.92. The molecule has 1 rings (SSSR count). The van der Waals surface area contributed by atoms with E-state index < -0.39 is 0 Å². The molecule has 54 valence electrons. The number of carbonyl (C=O) groups is 1. The van der Waals surface area contributed by atoms with Crippen molar-refractivity contribution in [3.8, 4) is 0 Å². The minimum Gasteiger partial charge on any atom is -0.398 e. The van der Waals surface area contributed by atoms with E-state index in [2.05, 4.69) is 20.5 Å². The van der Waals surface area contributed by atoms with Crippen LogP contribution in [0.3, 0.4) is 0 Å². The third kappa shape index (κ3) is 0.975. The van der Waals surface area contributed by atoms with Crippen molar-refractivity contribution in [1.82, 2.24) is 5.43 Å². The average molecular weight is 141 g/mol. The maximum absolute atomic E-state index is 10.7. The summed E-state index contributed by atoms with van der Waals surface area (Å²) in [6, 6.07) is 0. The molecule has 0 radical (unpaired) electrons. The molecule has 10 heavy (non-hydrogen) atoms. The Hall–Kier alpha value is -1.39. The van der Waals surface area contributed by atoms with Gasteiger partial charge in [-0.15, -0.1) is 0 Å². The average Bonchev–Trinajstić information content (AvgIpc) is 2.20. The molecule has 0 saturated heterocycles. The fourth-order valence-electron chi connectivity index (χ4n) is 0.604. The number of hydrogen-bond acceptors (Lipinski definition) is 4. The predicted molar refractivity (Wildman–Crippen MR) is 35.7 cm³/mol. The Labute approximate surface area is 57.7 Å². The van der Waals surface area contributed by atoms with E-state index in [-0.39, 0.29) is 11.6 Å². The van der Waals surface area contributed by atoms with E-state index in [1.54, 1.807) is 6.92 Å². The molecule has 5 heteroatoms. The van der Waals surface area contributed by atoms with Crippen molar-refractivity contribution in [2.24, 2.45) is 10.3 Å². The zero-order valence-electron chi connectivity index (χ0n) is 5.71. The minimum absolute atomic E-state index is 0.238. The molecule has 0 unspecified atom stereocenters. The van der Waals surface area contributed by atoms with Crippen molar-refractivity contribution in [2.75, 3.05) is 7.11 Å². The minimum atomic E-state index is -0.320. The van der Waals surface area contributed by atoms with Gasteiger partial charge in [-0.25, -0.2) is 5.43 Å². The molecule has 0 bridgehead atoms. The molecular weight excluding hydrogens is 134 g/mol. The van der Waals surface area contributed by atoms with E-state index in [1.807, 2.05) is 0 Å². The lowest BCUT2D eigenvalue weighted by Crippen LogP contribution is -2.22. The van der Waals surface area contributed by atoms with Gasteiger partial charge in [0.25, 0.3) is 5.91 Å². The maximum Gasteiger partial charge on any atom is 0.295 e. The summed E-state index contributed by atoms with van der Waals surface area (Å²) < 4.78 is 0. The fourth-order valence-corrected chi connectivity index (χ4v) is 0.604. The lowest BCUT2D eigenvalue weighted by atomic mass is 10.3. The number of rotatable bonds is 1. The molecule has 0 saturated carbocycles. The summed E-state index contributed by atoms with van der Waals surface area (Å²) in [5.74, 6) is -0.320. The fraction of sp³-hybridized carbons (Fsp3) is 0.400. The first-order chi connectivity index (χ1) is 4.75. The summed E-state index contributed by atoms with van der Waals surface area (Å²) in [6.07, 6.45) is 0. The zero-order chi connectivity index (χ0) is 7.56. The molecule has 5 nitrogen and oxygen atoms in total. The van der Waals surface area contributed by atoms with Crippen molar-refractivity contribution in [3.63, 3.8) is 0 Å². The summed E-state index contributed by atoms with van der Waals surface area (Å²) in [6.45, 7) is 1.68. The van der Waals surface area contributed by atoms with E-state index in [0.717, 1.165) is 0 Å². The highest BCUT2D eigenvalue weighted by Gasteiger charge is 2.21. The van der Waals surface area contributed by atoms with Crippen LogP contribution in [-0.4, -0.2) is 24.4 Å². The monoisotopic (exact) mass is 141 g/mol. The van der Waals surface area contributed by atoms with E-state index in [9.17, 15) is 4.79 Å². The van der Waals surface area contributed by atoms with Crippen molar-refractivity contribution in [3.05, 3.63) is 0 Å². The molecule has 0 aromatic rings. The van der Waals surface area contributed by atoms with Gasteiger partial charge in [-0.05, 0) is 6.92 Å². The SMILES string of the molecule is CO/N=C1\C(=O)NN=C1C. The number of amides is 1. The molecule has 1 aliphatic rings. The second-order valence-corrected chi connectivity index (χ2v) is 1.76. The van der Waals surface area contributed by atoms with Gasteiger partial charge in [-0.3, -0.25) is 4.79 Å². The van der Waals surface area contributed by atoms with Gasteiger partial charge >= 0.3 is 0 Å². The first-order valence-corrected chi connectivity index (χ1v) is 2.72. The largest absolute Gasteiger partial charge is 0.398 e. The van der Waals surface area contributed by atoms with Crippen LogP contribution in [0.25, 0.3) is 0 Å². The summed E-state index contributed by atoms with van der Waals surface area (Å²) in [5, 5.41) is 7.08. The molecule has 0 fully saturated rings. The molecule has 1 N–H and O–H groups in total.